The summed E-state index contributed by atoms with van der Waals surface area (Å²) in [4.78, 5) is 7.91. The number of nitrogens with two attached hydrogens (primary N) is 1. The van der Waals surface area contributed by atoms with E-state index in [1.165, 1.54) is 0 Å². The van der Waals surface area contributed by atoms with E-state index in [0.717, 1.165) is 22.8 Å². The van der Waals surface area contributed by atoms with Crippen molar-refractivity contribution in [1.29, 1.82) is 0 Å². The normalized spacial score (nSPS) is 26.1. The molecule has 1 aliphatic rings. The second kappa shape index (κ2) is 7.78. The fourth-order valence-electron chi connectivity index (χ4n) is 2.64. The van der Waals surface area contributed by atoms with Crippen molar-refractivity contribution in [2.24, 2.45) is 0 Å². The third-order valence-electron chi connectivity index (χ3n) is 3.82. The van der Waals surface area contributed by atoms with Gasteiger partial charge < -0.3 is 20.7 Å². The van der Waals surface area contributed by atoms with E-state index in [1.807, 2.05) is 0 Å². The van der Waals surface area contributed by atoms with Crippen molar-refractivity contribution in [2.45, 2.75) is 29.6 Å². The van der Waals surface area contributed by atoms with Crippen LogP contribution in [0.5, 0.6) is 0 Å². The lowest BCUT2D eigenvalue weighted by atomic mass is 10.1. The number of aromatic nitrogens is 4. The predicted octanol–water partition coefficient (Wildman–Crippen LogP) is -1.52. The lowest BCUT2D eigenvalue weighted by molar-refractivity contribution is -0.0265. The number of nitrogens with zero attached hydrogens (tertiary/aromatic N) is 4. The molecule has 150 valence electrons. The van der Waals surface area contributed by atoms with Gasteiger partial charge >= 0.3 is 10.3 Å². The van der Waals surface area contributed by atoms with Crippen molar-refractivity contribution in [3.05, 3.63) is 6.33 Å². The van der Waals surface area contributed by atoms with Crippen LogP contribution in [0.1, 0.15) is 6.23 Å². The molecule has 3 rings (SSSR count). The molecule has 27 heavy (non-hydrogen) atoms. The Morgan fingerprint density at radius 1 is 1.44 bits per heavy atom. The molecule has 3 heterocycles. The average molecular weight is 424 g/mol. The molecule has 0 spiro atoms. The van der Waals surface area contributed by atoms with E-state index in [2.05, 4.69) is 15.1 Å². The van der Waals surface area contributed by atoms with E-state index in [-0.39, 0.29) is 18.1 Å². The summed E-state index contributed by atoms with van der Waals surface area (Å²) in [5.41, 5.74) is 6.02. The fourth-order valence-corrected chi connectivity index (χ4v) is 3.79. The van der Waals surface area contributed by atoms with E-state index < -0.39 is 41.5 Å². The fraction of sp³-hybridized carbons (Fsp3) is 0.583. The van der Waals surface area contributed by atoms with Crippen LogP contribution in [0.25, 0.3) is 11.0 Å². The van der Waals surface area contributed by atoms with Gasteiger partial charge in [-0.2, -0.15) is 18.2 Å². The zero-order valence-corrected chi connectivity index (χ0v) is 15.3. The third-order valence-corrected chi connectivity index (χ3v) is 5.30. The number of hydrogen-bond acceptors (Lipinski definition) is 10. The SMILES string of the molecule is Nc1ncnc2c1c(SCCO)nn2[C@@H]1O[C@H](CNS(=O)(=O)O)[C@@H](O)[C@@H]1F. The molecular weight excluding hydrogens is 407 g/mol. The number of aliphatic hydroxyl groups excluding tert-OH is 2. The molecule has 0 aliphatic carbocycles. The van der Waals surface area contributed by atoms with Crippen molar-refractivity contribution in [3.8, 4) is 0 Å². The monoisotopic (exact) mass is 424 g/mol. The van der Waals surface area contributed by atoms with E-state index >= 15 is 0 Å². The molecule has 12 nitrogen and oxygen atoms in total. The van der Waals surface area contributed by atoms with Gasteiger partial charge in [-0.25, -0.2) is 19.0 Å². The van der Waals surface area contributed by atoms with E-state index in [9.17, 15) is 17.9 Å². The number of halogens is 1. The Bertz CT molecular complexity index is 926. The van der Waals surface area contributed by atoms with Gasteiger partial charge in [0.1, 0.15) is 29.4 Å². The Balaban J connectivity index is 1.93. The van der Waals surface area contributed by atoms with Crippen molar-refractivity contribution < 1.29 is 32.3 Å². The highest BCUT2D eigenvalue weighted by molar-refractivity contribution is 7.99. The highest BCUT2D eigenvalue weighted by Crippen LogP contribution is 2.36. The topological polar surface area (TPSA) is 186 Å². The molecule has 1 fully saturated rings. The maximum atomic E-state index is 14.6. The molecule has 1 saturated heterocycles. The van der Waals surface area contributed by atoms with E-state index in [0.29, 0.717) is 16.2 Å². The van der Waals surface area contributed by atoms with Gasteiger partial charge in [0, 0.05) is 12.3 Å². The summed E-state index contributed by atoms with van der Waals surface area (Å²) in [7, 11) is -4.53. The summed E-state index contributed by atoms with van der Waals surface area (Å²) >= 11 is 1.15. The Kier molecular flexibility index (Phi) is 5.80. The molecule has 1 aliphatic heterocycles. The predicted molar refractivity (Wildman–Crippen MR) is 91.9 cm³/mol. The van der Waals surface area contributed by atoms with Gasteiger partial charge in [-0.05, 0) is 0 Å². The molecule has 4 atom stereocenters. The molecular formula is C12H17FN6O6S2. The van der Waals surface area contributed by atoms with Crippen LogP contribution in [-0.2, 0) is 15.0 Å². The Labute approximate surface area is 156 Å². The summed E-state index contributed by atoms with van der Waals surface area (Å²) in [5.74, 6) is 0.402. The van der Waals surface area contributed by atoms with Crippen molar-refractivity contribution in [2.75, 3.05) is 24.6 Å². The number of alkyl halides is 1. The third kappa shape index (κ3) is 4.13. The quantitative estimate of drug-likeness (QED) is 0.257. The minimum Gasteiger partial charge on any atom is -0.396 e. The number of anilines is 1. The number of aliphatic hydroxyl groups is 2. The number of nitrogens with one attached hydrogen (secondary N) is 1. The summed E-state index contributed by atoms with van der Waals surface area (Å²) in [6, 6.07) is 0. The number of ether oxygens (including phenoxy) is 1. The Morgan fingerprint density at radius 2 is 2.19 bits per heavy atom. The Morgan fingerprint density at radius 3 is 2.85 bits per heavy atom. The smallest absolute Gasteiger partial charge is 0.333 e. The molecule has 0 bridgehead atoms. The molecule has 0 amide bonds. The zero-order chi connectivity index (χ0) is 19.8. The molecule has 15 heteroatoms. The second-order valence-electron chi connectivity index (χ2n) is 5.60. The lowest BCUT2D eigenvalue weighted by Gasteiger charge is -2.14. The van der Waals surface area contributed by atoms with E-state index in [4.69, 9.17) is 20.1 Å². The van der Waals surface area contributed by atoms with Gasteiger partial charge in [-0.3, -0.25) is 4.55 Å². The minimum absolute atomic E-state index is 0.102. The van der Waals surface area contributed by atoms with Crippen LogP contribution in [-0.4, -0.2) is 80.2 Å². The summed E-state index contributed by atoms with van der Waals surface area (Å²) in [6.07, 6.45) is -5.14. The molecule has 0 radical (unpaired) electrons. The van der Waals surface area contributed by atoms with Gasteiger partial charge in [0.2, 0.25) is 0 Å². The molecule has 0 saturated carbocycles. The van der Waals surface area contributed by atoms with Crippen LogP contribution in [0.15, 0.2) is 11.4 Å². The lowest BCUT2D eigenvalue weighted by Crippen LogP contribution is -2.38. The van der Waals surface area contributed by atoms with Gasteiger partial charge in [0.25, 0.3) is 0 Å². The maximum Gasteiger partial charge on any atom is 0.333 e. The van der Waals surface area contributed by atoms with Crippen LogP contribution in [0, 0.1) is 0 Å². The van der Waals surface area contributed by atoms with E-state index in [1.54, 1.807) is 4.72 Å². The highest BCUT2D eigenvalue weighted by atomic mass is 32.2. The van der Waals surface area contributed by atoms with Crippen molar-refractivity contribution >= 4 is 38.9 Å². The summed E-state index contributed by atoms with van der Waals surface area (Å²) < 4.78 is 53.2. The number of hydrogen-bond donors (Lipinski definition) is 5. The molecule has 2 aromatic heterocycles. The van der Waals surface area contributed by atoms with Crippen molar-refractivity contribution in [1.82, 2.24) is 24.5 Å². The molecule has 6 N–H and O–H groups in total. The number of thioether (sulfide) groups is 1. The van der Waals surface area contributed by atoms with Crippen LogP contribution < -0.4 is 10.5 Å². The molecule has 2 aromatic rings. The largest absolute Gasteiger partial charge is 0.396 e. The first-order chi connectivity index (χ1) is 12.7. The zero-order valence-electron chi connectivity index (χ0n) is 13.6. The number of rotatable bonds is 7. The Hall–Kier alpha value is -1.62. The first kappa shape index (κ1) is 20.1. The van der Waals surface area contributed by atoms with Crippen LogP contribution >= 0.6 is 11.8 Å². The van der Waals surface area contributed by atoms with Crippen LogP contribution in [0.2, 0.25) is 0 Å². The maximum absolute atomic E-state index is 14.6. The summed E-state index contributed by atoms with van der Waals surface area (Å²) in [5, 5.41) is 23.9. The first-order valence-corrected chi connectivity index (χ1v) is 10.1. The standard InChI is InChI=1S/C12H17FN6O6S2/c13-7-8(21)5(3-17-27(22,23)24)25-12(7)19-10-6(9(14)15-4-16-10)11(18-19)26-2-1-20/h4-5,7-8,12,17,20-21H,1-3H2,(H2,14,15,16)(H,22,23,24)/t5-,7+,8-,12-/m1/s1. The molecule has 0 unspecified atom stereocenters. The summed E-state index contributed by atoms with van der Waals surface area (Å²) in [6.45, 7) is -0.667. The van der Waals surface area contributed by atoms with Crippen LogP contribution in [0.4, 0.5) is 10.2 Å². The second-order valence-corrected chi connectivity index (χ2v) is 7.93. The number of nitrogen functional groups attached to an aromatic ring is 1. The van der Waals surface area contributed by atoms with Crippen LogP contribution in [0.3, 0.4) is 0 Å². The number of fused-ring (bicyclic) bond motifs is 1. The van der Waals surface area contributed by atoms with Crippen molar-refractivity contribution in [3.63, 3.8) is 0 Å². The minimum atomic E-state index is -4.53. The highest BCUT2D eigenvalue weighted by Gasteiger charge is 2.46. The molecule has 0 aromatic carbocycles. The van der Waals surface area contributed by atoms with Gasteiger partial charge in [0.05, 0.1) is 12.0 Å². The average Bonchev–Trinajstić information content (AvgIpc) is 3.10. The van der Waals surface area contributed by atoms with Gasteiger partial charge in [-0.15, -0.1) is 11.8 Å². The van der Waals surface area contributed by atoms with Gasteiger partial charge in [-0.1, -0.05) is 0 Å². The first-order valence-electron chi connectivity index (χ1n) is 7.65. The van der Waals surface area contributed by atoms with Gasteiger partial charge in [0.15, 0.2) is 18.0 Å².